The Hall–Kier alpha value is -1.25. The molecular formula is C10H17N3. The Bertz CT molecular complexity index is 262. The highest BCUT2D eigenvalue weighted by Crippen LogP contribution is 1.99. The summed E-state index contributed by atoms with van der Waals surface area (Å²) < 4.78 is 0. The summed E-state index contributed by atoms with van der Waals surface area (Å²) in [4.78, 5) is 9.33. The maximum atomic E-state index is 4.12. The zero-order valence-electron chi connectivity index (χ0n) is 8.54. The predicted molar refractivity (Wildman–Crippen MR) is 56.2 cm³/mol. The molecule has 0 aliphatic rings. The Morgan fingerprint density at radius 1 is 1.62 bits per heavy atom. The number of aromatic amines is 1. The number of amidine groups is 1. The van der Waals surface area contributed by atoms with Crippen LogP contribution in [0.1, 0.15) is 12.5 Å². The van der Waals surface area contributed by atoms with Crippen LogP contribution in [-0.2, 0) is 6.42 Å². The lowest BCUT2D eigenvalue weighted by Gasteiger charge is -2.17. The van der Waals surface area contributed by atoms with Crippen molar-refractivity contribution in [1.82, 2.24) is 9.88 Å². The summed E-state index contributed by atoms with van der Waals surface area (Å²) in [5.74, 6) is 1.08. The molecule has 0 fully saturated rings. The van der Waals surface area contributed by atoms with Gasteiger partial charge in [-0.15, -0.1) is 0 Å². The lowest BCUT2D eigenvalue weighted by Crippen LogP contribution is -2.26. The van der Waals surface area contributed by atoms with Gasteiger partial charge in [0.2, 0.25) is 0 Å². The van der Waals surface area contributed by atoms with Gasteiger partial charge in [0, 0.05) is 33.0 Å². The Kier molecular flexibility index (Phi) is 3.55. The summed E-state index contributed by atoms with van der Waals surface area (Å²) in [5.41, 5.74) is 1.34. The van der Waals surface area contributed by atoms with E-state index in [1.807, 2.05) is 26.4 Å². The molecule has 0 amide bonds. The van der Waals surface area contributed by atoms with Crippen LogP contribution in [0.25, 0.3) is 0 Å². The number of nitrogens with zero attached hydrogens (tertiary/aromatic N) is 2. The monoisotopic (exact) mass is 179 g/mol. The first-order chi connectivity index (χ1) is 6.24. The smallest absolute Gasteiger partial charge is 0.0951 e. The van der Waals surface area contributed by atoms with Gasteiger partial charge in [0.1, 0.15) is 0 Å². The number of hydrogen-bond donors (Lipinski definition) is 1. The van der Waals surface area contributed by atoms with Gasteiger partial charge in [-0.05, 0) is 25.0 Å². The molecule has 1 heterocycles. The summed E-state index contributed by atoms with van der Waals surface area (Å²) >= 11 is 0. The average Bonchev–Trinajstić information content (AvgIpc) is 2.65. The van der Waals surface area contributed by atoms with Gasteiger partial charge in [-0.2, -0.15) is 0 Å². The average molecular weight is 179 g/mol. The third-order valence-corrected chi connectivity index (χ3v) is 2.27. The van der Waals surface area contributed by atoms with Gasteiger partial charge in [-0.3, -0.25) is 4.99 Å². The quantitative estimate of drug-likeness (QED) is 0.554. The first-order valence-electron chi connectivity index (χ1n) is 4.50. The van der Waals surface area contributed by atoms with E-state index in [0.717, 1.165) is 18.8 Å². The van der Waals surface area contributed by atoms with Crippen molar-refractivity contribution >= 4 is 5.84 Å². The van der Waals surface area contributed by atoms with E-state index in [9.17, 15) is 0 Å². The molecule has 0 bridgehead atoms. The summed E-state index contributed by atoms with van der Waals surface area (Å²) in [6, 6.07) is 2.10. The Balaban J connectivity index is 2.35. The minimum atomic E-state index is 1.01. The van der Waals surface area contributed by atoms with Crippen molar-refractivity contribution < 1.29 is 0 Å². The van der Waals surface area contributed by atoms with E-state index in [2.05, 4.69) is 28.0 Å². The first-order valence-corrected chi connectivity index (χ1v) is 4.50. The van der Waals surface area contributed by atoms with Crippen molar-refractivity contribution in [3.63, 3.8) is 0 Å². The van der Waals surface area contributed by atoms with Crippen LogP contribution in [0.2, 0.25) is 0 Å². The second-order valence-corrected chi connectivity index (χ2v) is 3.16. The van der Waals surface area contributed by atoms with E-state index >= 15 is 0 Å². The first kappa shape index (κ1) is 9.84. The number of likely N-dealkylation sites (N-methyl/N-ethyl adjacent to an activating group) is 1. The molecule has 3 heteroatoms. The summed E-state index contributed by atoms with van der Waals surface area (Å²) in [5, 5.41) is 0. The lowest BCUT2D eigenvalue weighted by molar-refractivity contribution is 0.504. The molecule has 1 aromatic rings. The third kappa shape index (κ3) is 2.93. The van der Waals surface area contributed by atoms with Gasteiger partial charge in [-0.25, -0.2) is 0 Å². The second kappa shape index (κ2) is 4.70. The Labute approximate surface area is 79.5 Å². The molecule has 0 unspecified atom stereocenters. The van der Waals surface area contributed by atoms with E-state index in [-0.39, 0.29) is 0 Å². The highest BCUT2D eigenvalue weighted by molar-refractivity contribution is 5.79. The summed E-state index contributed by atoms with van der Waals surface area (Å²) in [6.45, 7) is 3.04. The lowest BCUT2D eigenvalue weighted by atomic mass is 10.2. The number of hydrogen-bond acceptors (Lipinski definition) is 1. The topological polar surface area (TPSA) is 31.4 Å². The molecule has 0 saturated carbocycles. The van der Waals surface area contributed by atoms with E-state index < -0.39 is 0 Å². The van der Waals surface area contributed by atoms with Crippen molar-refractivity contribution in [3.8, 4) is 0 Å². The van der Waals surface area contributed by atoms with Gasteiger partial charge in [-0.1, -0.05) is 0 Å². The summed E-state index contributed by atoms with van der Waals surface area (Å²) in [6.07, 6.45) is 5.05. The van der Waals surface area contributed by atoms with Crippen LogP contribution in [0.5, 0.6) is 0 Å². The molecule has 0 atom stereocenters. The molecule has 3 nitrogen and oxygen atoms in total. The van der Waals surface area contributed by atoms with Gasteiger partial charge < -0.3 is 9.88 Å². The fourth-order valence-electron chi connectivity index (χ4n) is 1.14. The van der Waals surface area contributed by atoms with Crippen LogP contribution in [0.15, 0.2) is 23.5 Å². The van der Waals surface area contributed by atoms with Crippen molar-refractivity contribution in [1.29, 1.82) is 0 Å². The van der Waals surface area contributed by atoms with Crippen LogP contribution in [0, 0.1) is 0 Å². The molecule has 1 aromatic heterocycles. The minimum Gasteiger partial charge on any atom is -0.367 e. The van der Waals surface area contributed by atoms with E-state index in [1.165, 1.54) is 5.56 Å². The van der Waals surface area contributed by atoms with Gasteiger partial charge in [0.25, 0.3) is 0 Å². The largest absolute Gasteiger partial charge is 0.367 e. The molecule has 1 rings (SSSR count). The predicted octanol–water partition coefficient (Wildman–Crippen LogP) is 1.54. The number of aliphatic imine (C=N–C) groups is 1. The zero-order chi connectivity index (χ0) is 9.68. The van der Waals surface area contributed by atoms with Crippen molar-refractivity contribution in [2.75, 3.05) is 20.6 Å². The van der Waals surface area contributed by atoms with E-state index in [1.54, 1.807) is 0 Å². The number of nitrogens with one attached hydrogen (secondary N) is 1. The maximum Gasteiger partial charge on any atom is 0.0951 e. The van der Waals surface area contributed by atoms with E-state index in [4.69, 9.17) is 0 Å². The molecule has 0 spiro atoms. The molecule has 1 N–H and O–H groups in total. The molecule has 0 aliphatic heterocycles. The Morgan fingerprint density at radius 2 is 2.38 bits per heavy atom. The van der Waals surface area contributed by atoms with Gasteiger partial charge >= 0.3 is 0 Å². The van der Waals surface area contributed by atoms with Crippen molar-refractivity contribution in [3.05, 3.63) is 24.0 Å². The third-order valence-electron chi connectivity index (χ3n) is 2.27. The molecule has 0 aliphatic carbocycles. The normalized spacial score (nSPS) is 11.8. The molecule has 72 valence electrons. The molecule has 13 heavy (non-hydrogen) atoms. The standard InChI is InChI=1S/C10H17N3/c1-9(11-2)13(3)7-5-10-4-6-12-8-10/h4,6,8,12H,5,7H2,1-3H3. The number of H-pyrrole nitrogens is 1. The zero-order valence-corrected chi connectivity index (χ0v) is 8.54. The van der Waals surface area contributed by atoms with Crippen LogP contribution in [-0.4, -0.2) is 36.4 Å². The maximum absolute atomic E-state index is 4.12. The van der Waals surface area contributed by atoms with Gasteiger partial charge in [0.05, 0.1) is 5.84 Å². The molecular weight excluding hydrogens is 162 g/mol. The van der Waals surface area contributed by atoms with Crippen LogP contribution in [0.4, 0.5) is 0 Å². The van der Waals surface area contributed by atoms with Crippen molar-refractivity contribution in [2.45, 2.75) is 13.3 Å². The van der Waals surface area contributed by atoms with E-state index in [0.29, 0.717) is 0 Å². The molecule has 0 radical (unpaired) electrons. The molecule has 0 aromatic carbocycles. The second-order valence-electron chi connectivity index (χ2n) is 3.16. The Morgan fingerprint density at radius 3 is 2.92 bits per heavy atom. The van der Waals surface area contributed by atoms with Crippen LogP contribution >= 0.6 is 0 Å². The van der Waals surface area contributed by atoms with Crippen molar-refractivity contribution in [2.24, 2.45) is 4.99 Å². The number of rotatable bonds is 3. The highest BCUT2D eigenvalue weighted by atomic mass is 15.1. The minimum absolute atomic E-state index is 1.01. The highest BCUT2D eigenvalue weighted by Gasteiger charge is 1.99. The number of aromatic nitrogens is 1. The fraction of sp³-hybridized carbons (Fsp3) is 0.500. The molecule has 0 saturated heterocycles. The van der Waals surface area contributed by atoms with Crippen LogP contribution in [0.3, 0.4) is 0 Å². The fourth-order valence-corrected chi connectivity index (χ4v) is 1.14. The van der Waals surface area contributed by atoms with Gasteiger partial charge in [0.15, 0.2) is 0 Å². The summed E-state index contributed by atoms with van der Waals surface area (Å²) in [7, 11) is 3.89. The van der Waals surface area contributed by atoms with Crippen LogP contribution < -0.4 is 0 Å². The SMILES string of the molecule is CN=C(C)N(C)CCc1cc[nH]c1.